The van der Waals surface area contributed by atoms with Crippen LogP contribution in [0, 0.1) is 5.82 Å². The Balaban J connectivity index is 2.48. The van der Waals surface area contributed by atoms with Crippen LogP contribution in [0.2, 0.25) is 5.02 Å². The first kappa shape index (κ1) is 18.4. The van der Waals surface area contributed by atoms with Gasteiger partial charge in [0.05, 0.1) is 35.8 Å². The summed E-state index contributed by atoms with van der Waals surface area (Å²) >= 11 is 5.79. The predicted octanol–water partition coefficient (Wildman–Crippen LogP) is 3.43. The Bertz CT molecular complexity index is 826. The number of hydrogen-bond acceptors (Lipinski definition) is 4. The molecule has 5 nitrogen and oxygen atoms in total. The van der Waals surface area contributed by atoms with Gasteiger partial charge in [0.1, 0.15) is 5.75 Å². The molecule has 2 rings (SSSR count). The molecule has 0 unspecified atom stereocenters. The number of nitrogens with two attached hydrogens (primary N) is 1. The largest absolute Gasteiger partial charge is 0.497 e. The zero-order chi connectivity index (χ0) is 17.9. The van der Waals surface area contributed by atoms with E-state index >= 15 is 0 Å². The molecule has 0 bridgehead atoms. The zero-order valence-electron chi connectivity index (χ0n) is 13.3. The maximum Gasteiger partial charge on any atom is 0.235 e. The van der Waals surface area contributed by atoms with Gasteiger partial charge in [-0.1, -0.05) is 23.7 Å². The van der Waals surface area contributed by atoms with Crippen molar-refractivity contribution in [3.05, 3.63) is 52.8 Å². The number of nitrogens with zero attached hydrogens (tertiary/aromatic N) is 1. The van der Waals surface area contributed by atoms with Crippen molar-refractivity contribution >= 4 is 33.0 Å². The fourth-order valence-corrected chi connectivity index (χ4v) is 3.38. The van der Waals surface area contributed by atoms with Crippen LogP contribution in [0.25, 0.3) is 0 Å². The normalized spacial score (nSPS) is 11.3. The SMILES string of the molecule is CCS(=O)(=O)N(Cc1ccc(OC)cc1)c1ccc(Cl)c(N)c1F. The van der Waals surface area contributed by atoms with Crippen molar-refractivity contribution in [2.75, 3.05) is 22.9 Å². The molecule has 0 atom stereocenters. The van der Waals surface area contributed by atoms with Crippen LogP contribution in [-0.2, 0) is 16.6 Å². The van der Waals surface area contributed by atoms with E-state index in [1.807, 2.05) is 0 Å². The lowest BCUT2D eigenvalue weighted by Gasteiger charge is -2.25. The van der Waals surface area contributed by atoms with Gasteiger partial charge < -0.3 is 10.5 Å². The Hall–Kier alpha value is -1.99. The van der Waals surface area contributed by atoms with Crippen LogP contribution < -0.4 is 14.8 Å². The molecular formula is C16H18ClFN2O3S. The average Bonchev–Trinajstić information content (AvgIpc) is 2.59. The van der Waals surface area contributed by atoms with E-state index in [-0.39, 0.29) is 28.7 Å². The molecule has 2 N–H and O–H groups in total. The average molecular weight is 373 g/mol. The number of nitrogen functional groups attached to an aromatic ring is 1. The molecule has 0 saturated carbocycles. The summed E-state index contributed by atoms with van der Waals surface area (Å²) in [5.74, 6) is -0.385. The second-order valence-electron chi connectivity index (χ2n) is 5.05. The first-order valence-electron chi connectivity index (χ1n) is 7.17. The topological polar surface area (TPSA) is 72.6 Å². The minimum atomic E-state index is -3.72. The number of hydrogen-bond donors (Lipinski definition) is 1. The van der Waals surface area contributed by atoms with Crippen LogP contribution in [0.4, 0.5) is 15.8 Å². The summed E-state index contributed by atoms with van der Waals surface area (Å²) in [5.41, 5.74) is 5.87. The first-order chi connectivity index (χ1) is 11.3. The Morgan fingerprint density at radius 2 is 1.83 bits per heavy atom. The molecule has 0 spiro atoms. The van der Waals surface area contributed by atoms with Gasteiger partial charge in [-0.3, -0.25) is 4.31 Å². The molecule has 2 aromatic carbocycles. The fourth-order valence-electron chi connectivity index (χ4n) is 2.14. The maximum absolute atomic E-state index is 14.5. The molecule has 0 saturated heterocycles. The van der Waals surface area contributed by atoms with E-state index in [2.05, 4.69) is 0 Å². The van der Waals surface area contributed by atoms with Crippen molar-refractivity contribution in [2.24, 2.45) is 0 Å². The minimum absolute atomic E-state index is 0.0296. The van der Waals surface area contributed by atoms with E-state index in [1.165, 1.54) is 26.2 Å². The smallest absolute Gasteiger partial charge is 0.235 e. The molecular weight excluding hydrogens is 355 g/mol. The molecule has 0 fully saturated rings. The summed E-state index contributed by atoms with van der Waals surface area (Å²) in [5, 5.41) is 0.0366. The second-order valence-corrected chi connectivity index (χ2v) is 7.64. The first-order valence-corrected chi connectivity index (χ1v) is 9.15. The monoisotopic (exact) mass is 372 g/mol. The highest BCUT2D eigenvalue weighted by Gasteiger charge is 2.25. The summed E-state index contributed by atoms with van der Waals surface area (Å²) in [6, 6.07) is 9.53. The fraction of sp³-hybridized carbons (Fsp3) is 0.250. The van der Waals surface area contributed by atoms with Crippen LogP contribution in [0.5, 0.6) is 5.75 Å². The molecule has 8 heteroatoms. The quantitative estimate of drug-likeness (QED) is 0.788. The number of anilines is 2. The molecule has 0 radical (unpaired) electrons. The van der Waals surface area contributed by atoms with Gasteiger partial charge in [0.25, 0.3) is 0 Å². The third kappa shape index (κ3) is 3.73. The zero-order valence-corrected chi connectivity index (χ0v) is 14.9. The van der Waals surface area contributed by atoms with Crippen LogP contribution in [0.3, 0.4) is 0 Å². The number of ether oxygens (including phenoxy) is 1. The molecule has 2 aromatic rings. The van der Waals surface area contributed by atoms with Gasteiger partial charge in [0.2, 0.25) is 10.0 Å². The van der Waals surface area contributed by atoms with E-state index in [0.717, 1.165) is 4.31 Å². The summed E-state index contributed by atoms with van der Waals surface area (Å²) in [6.07, 6.45) is 0. The number of halogens is 2. The second kappa shape index (κ2) is 7.27. The van der Waals surface area contributed by atoms with Crippen LogP contribution >= 0.6 is 11.6 Å². The molecule has 24 heavy (non-hydrogen) atoms. The minimum Gasteiger partial charge on any atom is -0.497 e. The highest BCUT2D eigenvalue weighted by Crippen LogP contribution is 2.32. The maximum atomic E-state index is 14.5. The molecule has 0 aromatic heterocycles. The number of sulfonamides is 1. The highest BCUT2D eigenvalue weighted by atomic mass is 35.5. The highest BCUT2D eigenvalue weighted by molar-refractivity contribution is 7.92. The third-order valence-corrected chi connectivity index (χ3v) is 5.62. The van der Waals surface area contributed by atoms with Gasteiger partial charge in [-0.2, -0.15) is 0 Å². The lowest BCUT2D eigenvalue weighted by molar-refractivity contribution is 0.414. The van der Waals surface area contributed by atoms with E-state index in [9.17, 15) is 12.8 Å². The van der Waals surface area contributed by atoms with Crippen LogP contribution in [0.15, 0.2) is 36.4 Å². The number of methoxy groups -OCH3 is 1. The molecule has 0 aliphatic rings. The van der Waals surface area contributed by atoms with Gasteiger partial charge >= 0.3 is 0 Å². The van der Waals surface area contributed by atoms with Crippen molar-refractivity contribution < 1.29 is 17.5 Å². The third-order valence-electron chi connectivity index (χ3n) is 3.56. The van der Waals surface area contributed by atoms with E-state index in [4.69, 9.17) is 22.1 Å². The van der Waals surface area contributed by atoms with Crippen molar-refractivity contribution in [3.63, 3.8) is 0 Å². The molecule has 0 amide bonds. The van der Waals surface area contributed by atoms with Crippen molar-refractivity contribution in [1.82, 2.24) is 0 Å². The summed E-state index contributed by atoms with van der Waals surface area (Å²) in [7, 11) is -2.18. The van der Waals surface area contributed by atoms with E-state index in [1.54, 1.807) is 24.3 Å². The standard InChI is InChI=1S/C16H18ClFN2O3S/c1-3-24(21,22)20(10-11-4-6-12(23-2)7-5-11)14-9-8-13(17)16(19)15(14)18/h4-9H,3,10,19H2,1-2H3. The molecule has 0 aliphatic heterocycles. The molecule has 0 aliphatic carbocycles. The lowest BCUT2D eigenvalue weighted by Crippen LogP contribution is -2.32. The van der Waals surface area contributed by atoms with Crippen molar-refractivity contribution in [2.45, 2.75) is 13.5 Å². The summed E-state index contributed by atoms with van der Waals surface area (Å²) in [4.78, 5) is 0. The molecule has 0 heterocycles. The molecule has 130 valence electrons. The van der Waals surface area contributed by atoms with Crippen LogP contribution in [-0.4, -0.2) is 21.3 Å². The van der Waals surface area contributed by atoms with Gasteiger partial charge in [-0.15, -0.1) is 0 Å². The summed E-state index contributed by atoms with van der Waals surface area (Å²) in [6.45, 7) is 1.46. The van der Waals surface area contributed by atoms with Gasteiger partial charge in [-0.25, -0.2) is 12.8 Å². The van der Waals surface area contributed by atoms with Gasteiger partial charge in [-0.05, 0) is 36.8 Å². The Morgan fingerprint density at radius 3 is 2.38 bits per heavy atom. The van der Waals surface area contributed by atoms with Crippen molar-refractivity contribution in [1.29, 1.82) is 0 Å². The number of rotatable bonds is 6. The van der Waals surface area contributed by atoms with Gasteiger partial charge in [0, 0.05) is 0 Å². The van der Waals surface area contributed by atoms with E-state index in [0.29, 0.717) is 11.3 Å². The van der Waals surface area contributed by atoms with Crippen LogP contribution in [0.1, 0.15) is 12.5 Å². The Labute approximate surface area is 145 Å². The van der Waals surface area contributed by atoms with Crippen molar-refractivity contribution in [3.8, 4) is 5.75 Å². The lowest BCUT2D eigenvalue weighted by atomic mass is 10.2. The van der Waals surface area contributed by atoms with Gasteiger partial charge in [0.15, 0.2) is 5.82 Å². The Morgan fingerprint density at radius 1 is 1.21 bits per heavy atom. The Kier molecular flexibility index (Phi) is 5.56. The van der Waals surface area contributed by atoms with E-state index < -0.39 is 15.8 Å². The predicted molar refractivity (Wildman–Crippen MR) is 94.5 cm³/mol. The summed E-state index contributed by atoms with van der Waals surface area (Å²) < 4.78 is 45.4. The number of benzene rings is 2.